The highest BCUT2D eigenvalue weighted by Gasteiger charge is 2.40. The number of hydrogen-bond donors (Lipinski definition) is 2. The predicted octanol–water partition coefficient (Wildman–Crippen LogP) is 3.68. The van der Waals surface area contributed by atoms with Crippen molar-refractivity contribution in [2.24, 2.45) is 11.8 Å². The van der Waals surface area contributed by atoms with Crippen LogP contribution >= 0.6 is 0 Å². The lowest BCUT2D eigenvalue weighted by Gasteiger charge is -2.19. The van der Waals surface area contributed by atoms with Crippen LogP contribution < -0.4 is 0 Å². The molecule has 1 aliphatic carbocycles. The average molecular weight is 352 g/mol. The van der Waals surface area contributed by atoms with E-state index in [1.807, 2.05) is 12.2 Å². The summed E-state index contributed by atoms with van der Waals surface area (Å²) in [5, 5.41) is 18.7. The topological polar surface area (TPSA) is 91.7 Å². The van der Waals surface area contributed by atoms with Gasteiger partial charge in [-0.15, -0.1) is 0 Å². The standard InChI is InChI=1S/C20H32O5/c1-2-3-6-9-15(21)12-13-17-16(18(22)14-19(17)23)10-7-4-5-8-11-20(24)25/h4,7,16-18,22H,2-3,5-6,8-14H2,1H3,(H,24,25)/b7-4+/t16-,17-,18+/m0/s1. The fourth-order valence-corrected chi connectivity index (χ4v) is 3.47. The molecular formula is C20H32O5. The molecule has 0 saturated heterocycles. The summed E-state index contributed by atoms with van der Waals surface area (Å²) in [6, 6.07) is 0. The van der Waals surface area contributed by atoms with Gasteiger partial charge in [0.05, 0.1) is 6.10 Å². The number of Topliss-reactive ketones (excluding diaryl/α,β-unsaturated/α-hetero) is 2. The Hall–Kier alpha value is -1.49. The fourth-order valence-electron chi connectivity index (χ4n) is 3.47. The number of rotatable bonds is 13. The molecule has 0 aliphatic heterocycles. The lowest BCUT2D eigenvalue weighted by atomic mass is 9.86. The zero-order chi connectivity index (χ0) is 18.7. The third-order valence-electron chi connectivity index (χ3n) is 4.96. The minimum atomic E-state index is -0.797. The highest BCUT2D eigenvalue weighted by molar-refractivity contribution is 5.85. The number of carbonyl (C=O) groups is 3. The number of carboxylic acid groups (broad SMARTS) is 1. The van der Waals surface area contributed by atoms with Gasteiger partial charge in [-0.25, -0.2) is 0 Å². The van der Waals surface area contributed by atoms with E-state index in [1.54, 1.807) is 0 Å². The van der Waals surface area contributed by atoms with Crippen LogP contribution in [0, 0.1) is 11.8 Å². The van der Waals surface area contributed by atoms with E-state index in [4.69, 9.17) is 5.11 Å². The first-order chi connectivity index (χ1) is 12.0. The van der Waals surface area contributed by atoms with Crippen LogP contribution in [0.3, 0.4) is 0 Å². The van der Waals surface area contributed by atoms with Gasteiger partial charge in [0.25, 0.3) is 0 Å². The molecule has 1 aliphatic rings. The molecule has 0 radical (unpaired) electrons. The van der Waals surface area contributed by atoms with Crippen molar-refractivity contribution in [3.8, 4) is 0 Å². The smallest absolute Gasteiger partial charge is 0.303 e. The summed E-state index contributed by atoms with van der Waals surface area (Å²) in [6.07, 6.45) is 10.1. The number of aliphatic carboxylic acids is 1. The monoisotopic (exact) mass is 352 g/mol. The van der Waals surface area contributed by atoms with Gasteiger partial charge in [0.1, 0.15) is 11.6 Å². The summed E-state index contributed by atoms with van der Waals surface area (Å²) in [5.74, 6) is -0.863. The van der Waals surface area contributed by atoms with E-state index >= 15 is 0 Å². The molecule has 1 fully saturated rings. The molecule has 0 heterocycles. The van der Waals surface area contributed by atoms with Crippen molar-refractivity contribution in [1.82, 2.24) is 0 Å². The third kappa shape index (κ3) is 8.43. The second-order valence-corrected chi connectivity index (χ2v) is 7.04. The average Bonchev–Trinajstić information content (AvgIpc) is 2.82. The van der Waals surface area contributed by atoms with Gasteiger partial charge in [-0.3, -0.25) is 14.4 Å². The van der Waals surface area contributed by atoms with Crippen molar-refractivity contribution in [3.05, 3.63) is 12.2 Å². The largest absolute Gasteiger partial charge is 0.481 e. The Kier molecular flexibility index (Phi) is 10.3. The highest BCUT2D eigenvalue weighted by atomic mass is 16.4. The summed E-state index contributed by atoms with van der Waals surface area (Å²) in [6.45, 7) is 2.10. The molecule has 25 heavy (non-hydrogen) atoms. The summed E-state index contributed by atoms with van der Waals surface area (Å²) >= 11 is 0. The van der Waals surface area contributed by atoms with Crippen LogP contribution in [0.4, 0.5) is 0 Å². The lowest BCUT2D eigenvalue weighted by Crippen LogP contribution is -2.21. The molecule has 0 bridgehead atoms. The van der Waals surface area contributed by atoms with E-state index in [0.29, 0.717) is 38.5 Å². The van der Waals surface area contributed by atoms with Gasteiger partial charge >= 0.3 is 5.97 Å². The number of allylic oxidation sites excluding steroid dienone is 2. The van der Waals surface area contributed by atoms with Crippen LogP contribution in [-0.4, -0.2) is 33.9 Å². The molecule has 0 spiro atoms. The maximum absolute atomic E-state index is 12.1. The first kappa shape index (κ1) is 21.6. The van der Waals surface area contributed by atoms with Gasteiger partial charge in [-0.1, -0.05) is 31.9 Å². The van der Waals surface area contributed by atoms with Crippen molar-refractivity contribution < 1.29 is 24.6 Å². The SMILES string of the molecule is CCCCCC(=O)CC[C@@H]1C(=O)C[C@@H](O)[C@H]1C/C=C/CCCC(=O)O. The Bertz CT molecular complexity index is 469. The Morgan fingerprint density at radius 2 is 1.88 bits per heavy atom. The fraction of sp³-hybridized carbons (Fsp3) is 0.750. The van der Waals surface area contributed by atoms with Crippen molar-refractivity contribution in [2.45, 2.75) is 83.7 Å². The highest BCUT2D eigenvalue weighted by Crippen LogP contribution is 2.35. The zero-order valence-corrected chi connectivity index (χ0v) is 15.3. The maximum atomic E-state index is 12.1. The predicted molar refractivity (Wildman–Crippen MR) is 96.2 cm³/mol. The van der Waals surface area contributed by atoms with Gasteiger partial charge in [-0.05, 0) is 38.0 Å². The first-order valence-electron chi connectivity index (χ1n) is 9.55. The molecule has 142 valence electrons. The Morgan fingerprint density at radius 3 is 2.56 bits per heavy atom. The van der Waals surface area contributed by atoms with Gasteiger partial charge in [0.15, 0.2) is 0 Å². The second-order valence-electron chi connectivity index (χ2n) is 7.04. The zero-order valence-electron chi connectivity index (χ0n) is 15.3. The van der Waals surface area contributed by atoms with Gasteiger partial charge < -0.3 is 10.2 Å². The lowest BCUT2D eigenvalue weighted by molar-refractivity contribution is -0.137. The van der Waals surface area contributed by atoms with Crippen molar-refractivity contribution in [1.29, 1.82) is 0 Å². The van der Waals surface area contributed by atoms with E-state index in [9.17, 15) is 19.5 Å². The summed E-state index contributed by atoms with van der Waals surface area (Å²) in [5.41, 5.74) is 0. The molecule has 2 N–H and O–H groups in total. The van der Waals surface area contributed by atoms with Gasteiger partial charge in [0, 0.05) is 31.6 Å². The van der Waals surface area contributed by atoms with E-state index in [2.05, 4.69) is 6.92 Å². The van der Waals surface area contributed by atoms with Gasteiger partial charge in [-0.2, -0.15) is 0 Å². The molecular weight excluding hydrogens is 320 g/mol. The van der Waals surface area contributed by atoms with Crippen molar-refractivity contribution in [2.75, 3.05) is 0 Å². The van der Waals surface area contributed by atoms with E-state index in [1.165, 1.54) is 0 Å². The molecule has 0 unspecified atom stereocenters. The summed E-state index contributed by atoms with van der Waals surface area (Å²) < 4.78 is 0. The number of ketones is 2. The number of carboxylic acids is 1. The normalized spacial score (nSPS) is 23.4. The summed E-state index contributed by atoms with van der Waals surface area (Å²) in [4.78, 5) is 34.5. The molecule has 0 aromatic rings. The number of aliphatic hydroxyl groups excluding tert-OH is 1. The van der Waals surface area contributed by atoms with Crippen LogP contribution in [0.25, 0.3) is 0 Å². The van der Waals surface area contributed by atoms with Crippen LogP contribution in [0.1, 0.15) is 77.6 Å². The molecule has 1 saturated carbocycles. The molecule has 5 heteroatoms. The third-order valence-corrected chi connectivity index (χ3v) is 4.96. The number of hydrogen-bond acceptors (Lipinski definition) is 4. The molecule has 0 aromatic carbocycles. The molecule has 0 aromatic heterocycles. The van der Waals surface area contributed by atoms with E-state index in [-0.39, 0.29) is 36.2 Å². The molecule has 1 rings (SSSR count). The number of unbranched alkanes of at least 4 members (excludes halogenated alkanes) is 3. The van der Waals surface area contributed by atoms with Gasteiger partial charge in [0.2, 0.25) is 0 Å². The Morgan fingerprint density at radius 1 is 1.12 bits per heavy atom. The first-order valence-corrected chi connectivity index (χ1v) is 9.55. The van der Waals surface area contributed by atoms with Crippen LogP contribution in [0.5, 0.6) is 0 Å². The van der Waals surface area contributed by atoms with Crippen molar-refractivity contribution in [3.63, 3.8) is 0 Å². The Labute approximate surface area is 150 Å². The minimum Gasteiger partial charge on any atom is -0.481 e. The number of carbonyl (C=O) groups excluding carboxylic acids is 2. The van der Waals surface area contributed by atoms with Crippen LogP contribution in [-0.2, 0) is 14.4 Å². The minimum absolute atomic E-state index is 0.0677. The molecule has 5 nitrogen and oxygen atoms in total. The second kappa shape index (κ2) is 12.0. The van der Waals surface area contributed by atoms with Crippen molar-refractivity contribution >= 4 is 17.5 Å². The number of aliphatic hydroxyl groups is 1. The maximum Gasteiger partial charge on any atom is 0.303 e. The molecule has 3 atom stereocenters. The van der Waals surface area contributed by atoms with Crippen LogP contribution in [0.2, 0.25) is 0 Å². The van der Waals surface area contributed by atoms with Crippen LogP contribution in [0.15, 0.2) is 12.2 Å². The summed E-state index contributed by atoms with van der Waals surface area (Å²) in [7, 11) is 0. The Balaban J connectivity index is 2.39. The molecule has 0 amide bonds. The van der Waals surface area contributed by atoms with E-state index in [0.717, 1.165) is 19.3 Å². The quantitative estimate of drug-likeness (QED) is 0.390. The van der Waals surface area contributed by atoms with E-state index < -0.39 is 12.1 Å².